The largest absolute Gasteiger partial charge is 0.377 e. The first-order valence-electron chi connectivity index (χ1n) is 10.5. The highest BCUT2D eigenvalue weighted by Crippen LogP contribution is 2.70. The first kappa shape index (κ1) is 16.8. The van der Waals surface area contributed by atoms with E-state index in [4.69, 9.17) is 0 Å². The van der Waals surface area contributed by atoms with Gasteiger partial charge in [0.15, 0.2) is 5.78 Å². The highest BCUT2D eigenvalue weighted by Gasteiger charge is 2.66. The SMILES string of the molecule is CC#C[C@]1(O)CC[C@H]2[C@@H]3CCC4=CC(=O)CC[C@@]45CCC=C(C[C@@]21C)[C@@H]35. The van der Waals surface area contributed by atoms with Gasteiger partial charge in [-0.05, 0) is 87.5 Å². The van der Waals surface area contributed by atoms with Gasteiger partial charge in [-0.25, -0.2) is 0 Å². The lowest BCUT2D eigenvalue weighted by atomic mass is 9.42. The Morgan fingerprint density at radius 1 is 1.19 bits per heavy atom. The quantitative estimate of drug-likeness (QED) is 0.513. The molecule has 2 heteroatoms. The van der Waals surface area contributed by atoms with E-state index in [2.05, 4.69) is 24.8 Å². The van der Waals surface area contributed by atoms with Crippen LogP contribution in [0.1, 0.15) is 71.6 Å². The lowest BCUT2D eigenvalue weighted by Gasteiger charge is -2.62. The Hall–Kier alpha value is -1.33. The van der Waals surface area contributed by atoms with Crippen LogP contribution in [0.15, 0.2) is 23.3 Å². The van der Waals surface area contributed by atoms with Crippen molar-refractivity contribution in [1.82, 2.24) is 0 Å². The topological polar surface area (TPSA) is 37.3 Å². The molecule has 0 amide bonds. The maximum absolute atomic E-state index is 12.1. The van der Waals surface area contributed by atoms with Crippen LogP contribution in [0.5, 0.6) is 0 Å². The average molecular weight is 351 g/mol. The molecular weight excluding hydrogens is 320 g/mol. The second-order valence-corrected chi connectivity index (χ2v) is 9.76. The van der Waals surface area contributed by atoms with Crippen LogP contribution in [0, 0.1) is 40.4 Å². The summed E-state index contributed by atoms with van der Waals surface area (Å²) in [5.74, 6) is 8.40. The summed E-state index contributed by atoms with van der Waals surface area (Å²) in [5.41, 5.74) is 2.35. The van der Waals surface area contributed by atoms with Crippen LogP contribution in [-0.2, 0) is 4.79 Å². The molecule has 5 rings (SSSR count). The average Bonchev–Trinajstić information content (AvgIpc) is 2.87. The highest BCUT2D eigenvalue weighted by molar-refractivity contribution is 5.91. The third kappa shape index (κ3) is 1.91. The monoisotopic (exact) mass is 350 g/mol. The number of fused-ring (bicyclic) bond motifs is 2. The van der Waals surface area contributed by atoms with Gasteiger partial charge in [0.1, 0.15) is 5.60 Å². The van der Waals surface area contributed by atoms with Gasteiger partial charge in [0.25, 0.3) is 0 Å². The summed E-state index contributed by atoms with van der Waals surface area (Å²) in [6.45, 7) is 4.16. The molecule has 0 aromatic heterocycles. The number of hydrogen-bond acceptors (Lipinski definition) is 2. The lowest BCUT2D eigenvalue weighted by molar-refractivity contribution is -0.118. The Labute approximate surface area is 157 Å². The zero-order chi connectivity index (χ0) is 18.2. The molecule has 5 aliphatic carbocycles. The molecule has 2 nitrogen and oxygen atoms in total. The summed E-state index contributed by atoms with van der Waals surface area (Å²) in [4.78, 5) is 12.1. The van der Waals surface area contributed by atoms with Gasteiger partial charge in [-0.1, -0.05) is 30.1 Å². The predicted molar refractivity (Wildman–Crippen MR) is 102 cm³/mol. The van der Waals surface area contributed by atoms with E-state index >= 15 is 0 Å². The van der Waals surface area contributed by atoms with Crippen molar-refractivity contribution in [2.24, 2.45) is 28.6 Å². The third-order valence-corrected chi connectivity index (χ3v) is 8.96. The van der Waals surface area contributed by atoms with E-state index in [0.29, 0.717) is 23.5 Å². The van der Waals surface area contributed by atoms with E-state index in [-0.39, 0.29) is 10.8 Å². The Morgan fingerprint density at radius 2 is 2.04 bits per heavy atom. The normalized spacial score (nSPS) is 49.0. The molecule has 0 bridgehead atoms. The summed E-state index contributed by atoms with van der Waals surface area (Å²) >= 11 is 0. The van der Waals surface area contributed by atoms with Crippen molar-refractivity contribution in [3.8, 4) is 11.8 Å². The Morgan fingerprint density at radius 3 is 2.85 bits per heavy atom. The zero-order valence-corrected chi connectivity index (χ0v) is 16.1. The number of carbonyl (C=O) groups excluding carboxylic acids is 1. The van der Waals surface area contributed by atoms with Crippen molar-refractivity contribution >= 4 is 5.78 Å². The molecule has 0 radical (unpaired) electrons. The number of aliphatic hydroxyl groups is 1. The van der Waals surface area contributed by atoms with Crippen LogP contribution in [0.3, 0.4) is 0 Å². The number of allylic oxidation sites excluding steroid dienone is 3. The Bertz CT molecular complexity index is 793. The molecular formula is C24H30O2. The molecule has 1 N–H and O–H groups in total. The van der Waals surface area contributed by atoms with Crippen LogP contribution in [0.25, 0.3) is 0 Å². The Kier molecular flexibility index (Phi) is 3.46. The van der Waals surface area contributed by atoms with Crippen molar-refractivity contribution in [2.75, 3.05) is 0 Å². The van der Waals surface area contributed by atoms with Gasteiger partial charge in [0, 0.05) is 11.8 Å². The first-order valence-corrected chi connectivity index (χ1v) is 10.5. The molecule has 0 aromatic rings. The van der Waals surface area contributed by atoms with Crippen LogP contribution in [0.4, 0.5) is 0 Å². The smallest absolute Gasteiger partial charge is 0.155 e. The van der Waals surface area contributed by atoms with Gasteiger partial charge in [-0.2, -0.15) is 0 Å². The minimum absolute atomic E-state index is 0.118. The molecule has 0 unspecified atom stereocenters. The number of ketones is 1. The minimum Gasteiger partial charge on any atom is -0.377 e. The molecule has 0 aliphatic heterocycles. The molecule has 3 fully saturated rings. The van der Waals surface area contributed by atoms with E-state index in [9.17, 15) is 9.90 Å². The fourth-order valence-electron chi connectivity index (χ4n) is 7.90. The van der Waals surface area contributed by atoms with Crippen LogP contribution in [-0.4, -0.2) is 16.5 Å². The molecule has 0 saturated heterocycles. The Balaban J connectivity index is 1.62. The fraction of sp³-hybridized carbons (Fsp3) is 0.708. The van der Waals surface area contributed by atoms with Crippen molar-refractivity contribution in [3.63, 3.8) is 0 Å². The lowest BCUT2D eigenvalue weighted by Crippen LogP contribution is -2.56. The maximum Gasteiger partial charge on any atom is 0.155 e. The third-order valence-electron chi connectivity index (χ3n) is 8.96. The summed E-state index contributed by atoms with van der Waals surface area (Å²) in [6.07, 6.45) is 13.8. The number of hydrogen-bond donors (Lipinski definition) is 1. The van der Waals surface area contributed by atoms with Crippen molar-refractivity contribution in [3.05, 3.63) is 23.3 Å². The summed E-state index contributed by atoms with van der Waals surface area (Å²) in [5, 5.41) is 11.4. The number of carbonyl (C=O) groups is 1. The van der Waals surface area contributed by atoms with Crippen molar-refractivity contribution < 1.29 is 9.90 Å². The standard InChI is InChI=1S/C24H30O2/c1-3-10-24(26)13-9-20-19-7-6-17-14-18(25)8-12-23(17)11-4-5-16(21(19)23)15-22(20,24)2/h5,14,19-21,26H,4,6-9,11-13,15H2,1-2H3/t19-,20-,21-,22-,23-,24-/m0/s1. The second-order valence-electron chi connectivity index (χ2n) is 9.76. The summed E-state index contributed by atoms with van der Waals surface area (Å²) in [7, 11) is 0. The van der Waals surface area contributed by atoms with Gasteiger partial charge in [0.05, 0.1) is 0 Å². The van der Waals surface area contributed by atoms with Crippen LogP contribution >= 0.6 is 0 Å². The molecule has 138 valence electrons. The predicted octanol–water partition coefficient (Wildman–Crippen LogP) is 4.58. The van der Waals surface area contributed by atoms with E-state index in [0.717, 1.165) is 44.9 Å². The fourth-order valence-corrected chi connectivity index (χ4v) is 7.90. The van der Waals surface area contributed by atoms with E-state index < -0.39 is 5.60 Å². The van der Waals surface area contributed by atoms with Crippen molar-refractivity contribution in [2.45, 2.75) is 77.2 Å². The molecule has 26 heavy (non-hydrogen) atoms. The summed E-state index contributed by atoms with van der Waals surface area (Å²) in [6, 6.07) is 0. The van der Waals surface area contributed by atoms with Crippen LogP contribution < -0.4 is 0 Å². The molecule has 1 spiro atoms. The maximum atomic E-state index is 12.1. The van der Waals surface area contributed by atoms with Crippen molar-refractivity contribution in [1.29, 1.82) is 0 Å². The molecule has 0 heterocycles. The van der Waals surface area contributed by atoms with Gasteiger partial charge < -0.3 is 5.11 Å². The molecule has 3 saturated carbocycles. The van der Waals surface area contributed by atoms with Crippen LogP contribution in [0.2, 0.25) is 0 Å². The van der Waals surface area contributed by atoms with E-state index in [1.54, 1.807) is 5.57 Å². The summed E-state index contributed by atoms with van der Waals surface area (Å²) < 4.78 is 0. The van der Waals surface area contributed by atoms with E-state index in [1.165, 1.54) is 18.4 Å². The first-order chi connectivity index (χ1) is 12.4. The van der Waals surface area contributed by atoms with Gasteiger partial charge in [0.2, 0.25) is 0 Å². The van der Waals surface area contributed by atoms with Gasteiger partial charge >= 0.3 is 0 Å². The zero-order valence-electron chi connectivity index (χ0n) is 16.1. The minimum atomic E-state index is -0.832. The molecule has 5 aliphatic rings. The molecule has 6 atom stereocenters. The highest BCUT2D eigenvalue weighted by atomic mass is 16.3. The van der Waals surface area contributed by atoms with E-state index in [1.807, 2.05) is 13.0 Å². The second kappa shape index (κ2) is 5.35. The number of rotatable bonds is 0. The van der Waals surface area contributed by atoms with Gasteiger partial charge in [-0.3, -0.25) is 4.79 Å². The molecule has 0 aromatic carbocycles. The van der Waals surface area contributed by atoms with Gasteiger partial charge in [-0.15, -0.1) is 5.92 Å².